The molecule has 0 atom stereocenters. The molecule has 1 aliphatic carbocycles. The number of rotatable bonds is 2. The smallest absolute Gasteiger partial charge is 0.164 e. The first-order chi connectivity index (χ1) is 15.9. The normalized spacial score (nSPS) is 18.4. The topological polar surface area (TPSA) is 51.6 Å². The molecule has 0 saturated carbocycles. The zero-order valence-corrected chi connectivity index (χ0v) is 23.8. The molecule has 0 radical (unpaired) electrons. The van der Waals surface area contributed by atoms with Crippen molar-refractivity contribution in [2.24, 2.45) is 5.41 Å². The monoisotopic (exact) mass is 470 g/mol. The summed E-state index contributed by atoms with van der Waals surface area (Å²) in [5.74, 6) is 2.30. The van der Waals surface area contributed by atoms with Crippen LogP contribution in [0.2, 0.25) is 0 Å². The maximum Gasteiger partial charge on any atom is 0.164 e. The Kier molecular flexibility index (Phi) is 5.59. The minimum atomic E-state index is -0.163. The van der Waals surface area contributed by atoms with Crippen LogP contribution in [0.25, 0.3) is 22.6 Å². The van der Waals surface area contributed by atoms with E-state index in [1.165, 1.54) is 11.1 Å². The first-order valence-corrected chi connectivity index (χ1v) is 12.8. The van der Waals surface area contributed by atoms with Gasteiger partial charge in [-0.25, -0.2) is 15.0 Å². The standard InChI is InChI=1S/C31H42N4/c1-27(2,3)25-33-24(34-26(35-25)28(4,5)6)20-14-16-23(32-18-20)19-13-15-21-22(17-19)30(9,10)31(11,12)29(21,7)8/h13-18H,1-12H3. The van der Waals surface area contributed by atoms with E-state index in [1.54, 1.807) is 0 Å². The van der Waals surface area contributed by atoms with Crippen molar-refractivity contribution in [2.75, 3.05) is 0 Å². The van der Waals surface area contributed by atoms with Crippen molar-refractivity contribution >= 4 is 0 Å². The maximum atomic E-state index is 4.85. The third-order valence-electron chi connectivity index (χ3n) is 8.79. The van der Waals surface area contributed by atoms with Gasteiger partial charge in [-0.2, -0.15) is 0 Å². The summed E-state index contributed by atoms with van der Waals surface area (Å²) in [5, 5.41) is 0. The minimum Gasteiger partial charge on any atom is -0.255 e. The zero-order chi connectivity index (χ0) is 26.2. The molecular weight excluding hydrogens is 428 g/mol. The van der Waals surface area contributed by atoms with E-state index in [0.29, 0.717) is 5.82 Å². The van der Waals surface area contributed by atoms with Crippen molar-refractivity contribution in [3.05, 3.63) is 59.3 Å². The fourth-order valence-corrected chi connectivity index (χ4v) is 5.09. The lowest BCUT2D eigenvalue weighted by atomic mass is 9.59. The second-order valence-corrected chi connectivity index (χ2v) is 13.9. The van der Waals surface area contributed by atoms with Gasteiger partial charge in [-0.1, -0.05) is 95.2 Å². The highest BCUT2D eigenvalue weighted by molar-refractivity contribution is 5.66. The lowest BCUT2D eigenvalue weighted by Crippen LogP contribution is -2.42. The van der Waals surface area contributed by atoms with Gasteiger partial charge in [0, 0.05) is 28.2 Å². The second kappa shape index (κ2) is 7.69. The minimum absolute atomic E-state index is 0.0688. The van der Waals surface area contributed by atoms with Gasteiger partial charge in [-0.05, 0) is 45.6 Å². The summed E-state index contributed by atoms with van der Waals surface area (Å²) in [4.78, 5) is 19.3. The Bertz CT molecular complexity index is 1230. The average molecular weight is 471 g/mol. The quantitative estimate of drug-likeness (QED) is 0.383. The molecule has 0 aliphatic heterocycles. The van der Waals surface area contributed by atoms with Crippen molar-refractivity contribution in [3.63, 3.8) is 0 Å². The van der Waals surface area contributed by atoms with Crippen LogP contribution < -0.4 is 0 Å². The van der Waals surface area contributed by atoms with Crippen LogP contribution >= 0.6 is 0 Å². The number of pyridine rings is 1. The number of fused-ring (bicyclic) bond motifs is 1. The van der Waals surface area contributed by atoms with Crippen molar-refractivity contribution in [1.82, 2.24) is 19.9 Å². The van der Waals surface area contributed by atoms with Crippen LogP contribution in [0.3, 0.4) is 0 Å². The molecular formula is C31H42N4. The van der Waals surface area contributed by atoms with E-state index in [-0.39, 0.29) is 27.1 Å². The summed E-state index contributed by atoms with van der Waals surface area (Å²) in [7, 11) is 0. The Labute approximate surface area is 212 Å². The molecule has 3 aromatic rings. The van der Waals surface area contributed by atoms with E-state index in [0.717, 1.165) is 28.5 Å². The second-order valence-electron chi connectivity index (χ2n) is 13.9. The van der Waals surface area contributed by atoms with Crippen LogP contribution in [0.1, 0.15) is 106 Å². The van der Waals surface area contributed by atoms with Gasteiger partial charge in [0.25, 0.3) is 0 Å². The Hall–Kier alpha value is -2.62. The van der Waals surface area contributed by atoms with Gasteiger partial charge in [0.2, 0.25) is 0 Å². The third-order valence-corrected chi connectivity index (χ3v) is 8.79. The Morgan fingerprint density at radius 2 is 1.11 bits per heavy atom. The third kappa shape index (κ3) is 3.99. The summed E-state index contributed by atoms with van der Waals surface area (Å²) in [6.07, 6.45) is 1.90. The van der Waals surface area contributed by atoms with Crippen molar-refractivity contribution in [3.8, 4) is 22.6 Å². The van der Waals surface area contributed by atoms with E-state index in [4.69, 9.17) is 19.9 Å². The molecule has 4 rings (SSSR count). The molecule has 1 aromatic carbocycles. The Balaban J connectivity index is 1.76. The number of aromatic nitrogens is 4. The van der Waals surface area contributed by atoms with Crippen molar-refractivity contribution < 1.29 is 0 Å². The summed E-state index contributed by atoms with van der Waals surface area (Å²) in [5.41, 5.74) is 5.90. The van der Waals surface area contributed by atoms with E-state index in [9.17, 15) is 0 Å². The first kappa shape index (κ1) is 25.5. The number of hydrogen-bond donors (Lipinski definition) is 0. The highest BCUT2D eigenvalue weighted by atomic mass is 15.1. The predicted octanol–water partition coefficient (Wildman–Crippen LogP) is 7.79. The van der Waals surface area contributed by atoms with Gasteiger partial charge < -0.3 is 0 Å². The van der Waals surface area contributed by atoms with Gasteiger partial charge in [-0.3, -0.25) is 4.98 Å². The molecule has 0 unspecified atom stereocenters. The van der Waals surface area contributed by atoms with Crippen molar-refractivity contribution in [2.45, 2.75) is 105 Å². The highest BCUT2D eigenvalue weighted by Gasteiger charge is 2.56. The van der Waals surface area contributed by atoms with Crippen LogP contribution in [0.4, 0.5) is 0 Å². The highest BCUT2D eigenvalue weighted by Crippen LogP contribution is 2.61. The molecule has 0 N–H and O–H groups in total. The SMILES string of the molecule is CC(C)(C)c1nc(-c2ccc(-c3ccc4c(c3)C(C)(C)C(C)(C)C4(C)C)nc2)nc(C(C)(C)C)n1. The molecule has 0 amide bonds. The van der Waals surface area contributed by atoms with Crippen LogP contribution in [0.15, 0.2) is 36.5 Å². The van der Waals surface area contributed by atoms with Gasteiger partial charge in [0.1, 0.15) is 11.6 Å². The molecule has 0 saturated heterocycles. The maximum absolute atomic E-state index is 4.85. The fraction of sp³-hybridized carbons (Fsp3) is 0.548. The molecule has 0 fully saturated rings. The number of nitrogens with zero attached hydrogens (tertiary/aromatic N) is 4. The fourth-order valence-electron chi connectivity index (χ4n) is 5.09. The average Bonchev–Trinajstić information content (AvgIpc) is 2.86. The summed E-state index contributed by atoms with van der Waals surface area (Å²) in [6.45, 7) is 27.1. The number of benzene rings is 1. The molecule has 4 heteroatoms. The Morgan fingerprint density at radius 1 is 0.600 bits per heavy atom. The van der Waals surface area contributed by atoms with Crippen LogP contribution in [-0.4, -0.2) is 19.9 Å². The summed E-state index contributed by atoms with van der Waals surface area (Å²) < 4.78 is 0. The van der Waals surface area contributed by atoms with E-state index < -0.39 is 0 Å². The molecule has 0 spiro atoms. The molecule has 2 heterocycles. The molecule has 35 heavy (non-hydrogen) atoms. The van der Waals surface area contributed by atoms with Crippen molar-refractivity contribution in [1.29, 1.82) is 0 Å². The van der Waals surface area contributed by atoms with Gasteiger partial charge >= 0.3 is 0 Å². The molecule has 1 aliphatic rings. The predicted molar refractivity (Wildman–Crippen MR) is 146 cm³/mol. The van der Waals surface area contributed by atoms with E-state index in [1.807, 2.05) is 6.20 Å². The lowest BCUT2D eigenvalue weighted by molar-refractivity contribution is 0.125. The van der Waals surface area contributed by atoms with Crippen LogP contribution in [0.5, 0.6) is 0 Å². The largest absolute Gasteiger partial charge is 0.255 e. The van der Waals surface area contributed by atoms with Gasteiger partial charge in [0.15, 0.2) is 5.82 Å². The Morgan fingerprint density at radius 3 is 1.60 bits per heavy atom. The zero-order valence-electron chi connectivity index (χ0n) is 23.8. The molecule has 4 nitrogen and oxygen atoms in total. The molecule has 186 valence electrons. The summed E-state index contributed by atoms with van der Waals surface area (Å²) in [6, 6.07) is 11.1. The van der Waals surface area contributed by atoms with Crippen LogP contribution in [0, 0.1) is 5.41 Å². The van der Waals surface area contributed by atoms with Crippen LogP contribution in [-0.2, 0) is 21.7 Å². The number of hydrogen-bond acceptors (Lipinski definition) is 4. The summed E-state index contributed by atoms with van der Waals surface area (Å²) >= 11 is 0. The first-order valence-electron chi connectivity index (χ1n) is 12.8. The lowest BCUT2D eigenvalue weighted by Gasteiger charge is -2.44. The molecule has 0 bridgehead atoms. The van der Waals surface area contributed by atoms with E-state index in [2.05, 4.69) is 113 Å². The van der Waals surface area contributed by atoms with E-state index >= 15 is 0 Å². The molecule has 2 aromatic heterocycles. The van der Waals surface area contributed by atoms with Gasteiger partial charge in [0.05, 0.1) is 5.69 Å². The van der Waals surface area contributed by atoms with Gasteiger partial charge in [-0.15, -0.1) is 0 Å².